The summed E-state index contributed by atoms with van der Waals surface area (Å²) in [7, 11) is 0. The van der Waals surface area contributed by atoms with E-state index in [0.717, 1.165) is 34.8 Å². The fraction of sp³-hybridized carbons (Fsp3) is 0.538. The lowest BCUT2D eigenvalue weighted by Crippen LogP contribution is -2.47. The second-order valence-corrected chi connectivity index (χ2v) is 9.91. The lowest BCUT2D eigenvalue weighted by atomic mass is 9.99. The fourth-order valence-electron chi connectivity index (χ4n) is 5.71. The highest BCUT2D eigenvalue weighted by atomic mass is 19.1. The molecule has 3 fully saturated rings. The molecule has 2 bridgehead atoms. The number of ether oxygens (including phenoxy) is 3. The summed E-state index contributed by atoms with van der Waals surface area (Å²) in [5.74, 6) is -2.61. The van der Waals surface area contributed by atoms with Crippen molar-refractivity contribution in [2.24, 2.45) is 0 Å². The smallest absolute Gasteiger partial charge is 0.397 e. The molecule has 3 saturated heterocycles. The van der Waals surface area contributed by atoms with E-state index in [4.69, 9.17) is 14.2 Å². The van der Waals surface area contributed by atoms with Gasteiger partial charge in [0.15, 0.2) is 0 Å². The number of hydrogen-bond acceptors (Lipinski definition) is 8. The molecule has 0 spiro atoms. The SMILES string of the molecule is Cc1c(C)n(C2OC(=O)C(=O)O2)c(=O)n(CCCN2C3CCC2CC(OCc2ccccc2F)C3)c1=O. The number of carbonyl (C=O) groups excluding carboxylic acids is 2. The van der Waals surface area contributed by atoms with E-state index in [1.807, 2.05) is 0 Å². The number of carbonyl (C=O) groups is 2. The first kappa shape index (κ1) is 25.3. The molecule has 2 aromatic rings. The van der Waals surface area contributed by atoms with Crippen molar-refractivity contribution in [2.75, 3.05) is 6.54 Å². The minimum Gasteiger partial charge on any atom is -0.397 e. The predicted molar refractivity (Wildman–Crippen MR) is 128 cm³/mol. The summed E-state index contributed by atoms with van der Waals surface area (Å²) in [5, 5.41) is 0. The van der Waals surface area contributed by atoms with Crippen LogP contribution < -0.4 is 11.2 Å². The zero-order chi connectivity index (χ0) is 26.3. The fourth-order valence-corrected chi connectivity index (χ4v) is 5.71. The molecular formula is C26H30FN3O7. The van der Waals surface area contributed by atoms with E-state index in [2.05, 4.69) is 4.90 Å². The van der Waals surface area contributed by atoms with Gasteiger partial charge in [-0.1, -0.05) is 18.2 Å². The number of esters is 2. The highest BCUT2D eigenvalue weighted by Crippen LogP contribution is 2.37. The van der Waals surface area contributed by atoms with Crippen molar-refractivity contribution in [2.45, 2.75) is 83.7 Å². The van der Waals surface area contributed by atoms with Crippen molar-refractivity contribution >= 4 is 11.9 Å². The summed E-state index contributed by atoms with van der Waals surface area (Å²) in [6, 6.07) is 7.33. The first-order valence-corrected chi connectivity index (χ1v) is 12.6. The van der Waals surface area contributed by atoms with Crippen LogP contribution in [0.15, 0.2) is 33.9 Å². The number of cyclic esters (lactones) is 2. The van der Waals surface area contributed by atoms with Crippen LogP contribution in [0.2, 0.25) is 0 Å². The van der Waals surface area contributed by atoms with Gasteiger partial charge in [-0.15, -0.1) is 0 Å². The number of hydrogen-bond donors (Lipinski definition) is 0. The molecule has 3 aliphatic rings. The molecule has 198 valence electrons. The minimum atomic E-state index is -1.52. The molecule has 5 rings (SSSR count). The molecule has 37 heavy (non-hydrogen) atoms. The van der Waals surface area contributed by atoms with Crippen LogP contribution in [-0.2, 0) is 37.0 Å². The van der Waals surface area contributed by atoms with Gasteiger partial charge in [-0.05, 0) is 52.0 Å². The van der Waals surface area contributed by atoms with Crippen LogP contribution in [-0.4, -0.2) is 50.7 Å². The van der Waals surface area contributed by atoms with Gasteiger partial charge in [0.05, 0.1) is 12.7 Å². The largest absolute Gasteiger partial charge is 0.422 e. The number of nitrogens with zero attached hydrogens (tertiary/aromatic N) is 3. The van der Waals surface area contributed by atoms with Gasteiger partial charge in [-0.25, -0.2) is 23.3 Å². The van der Waals surface area contributed by atoms with Gasteiger partial charge < -0.3 is 14.2 Å². The first-order chi connectivity index (χ1) is 17.7. The monoisotopic (exact) mass is 515 g/mol. The number of aromatic nitrogens is 2. The third kappa shape index (κ3) is 4.85. The van der Waals surface area contributed by atoms with Gasteiger partial charge in [0, 0.05) is 42.0 Å². The number of piperidine rings is 1. The Balaban J connectivity index is 1.21. The van der Waals surface area contributed by atoms with Crippen molar-refractivity contribution in [3.63, 3.8) is 0 Å². The van der Waals surface area contributed by atoms with Gasteiger partial charge in [0.25, 0.3) is 5.56 Å². The minimum absolute atomic E-state index is 0.0692. The van der Waals surface area contributed by atoms with Crippen LogP contribution in [0, 0.1) is 19.7 Å². The lowest BCUT2D eigenvalue weighted by Gasteiger charge is -2.39. The number of rotatable bonds is 8. The average molecular weight is 516 g/mol. The third-order valence-electron chi connectivity index (χ3n) is 7.77. The Morgan fingerprint density at radius 2 is 1.62 bits per heavy atom. The molecule has 0 N–H and O–H groups in total. The van der Waals surface area contributed by atoms with E-state index in [1.54, 1.807) is 32.0 Å². The van der Waals surface area contributed by atoms with Crippen molar-refractivity contribution in [3.8, 4) is 0 Å². The molecule has 10 nitrogen and oxygen atoms in total. The van der Waals surface area contributed by atoms with Gasteiger partial charge in [0.1, 0.15) is 5.82 Å². The van der Waals surface area contributed by atoms with Crippen LogP contribution in [0.25, 0.3) is 0 Å². The molecule has 0 amide bonds. The van der Waals surface area contributed by atoms with Gasteiger partial charge in [-0.2, -0.15) is 0 Å². The zero-order valence-corrected chi connectivity index (χ0v) is 20.9. The Hall–Kier alpha value is -3.31. The van der Waals surface area contributed by atoms with E-state index in [1.165, 1.54) is 6.07 Å². The highest BCUT2D eigenvalue weighted by molar-refractivity contribution is 6.30. The summed E-state index contributed by atoms with van der Waals surface area (Å²) in [4.78, 5) is 51.4. The lowest BCUT2D eigenvalue weighted by molar-refractivity contribution is -0.155. The summed E-state index contributed by atoms with van der Waals surface area (Å²) in [5.41, 5.74) is 0.0334. The topological polar surface area (TPSA) is 109 Å². The third-order valence-corrected chi connectivity index (χ3v) is 7.77. The second kappa shape index (κ2) is 10.2. The van der Waals surface area contributed by atoms with Crippen LogP contribution in [0.4, 0.5) is 4.39 Å². The van der Waals surface area contributed by atoms with Crippen molar-refractivity contribution in [3.05, 3.63) is 67.7 Å². The Kier molecular flexibility index (Phi) is 7.00. The molecule has 11 heteroatoms. The average Bonchev–Trinajstić information content (AvgIpc) is 3.32. The molecule has 0 saturated carbocycles. The van der Waals surface area contributed by atoms with Crippen molar-refractivity contribution in [1.29, 1.82) is 0 Å². The molecule has 1 aromatic heterocycles. The molecule has 0 aliphatic carbocycles. The standard InChI is InChI=1S/C26H30FN3O7/c1-15-16(2)30(26-36-23(32)24(33)37-26)25(34)29(22(15)31)11-5-10-28-18-8-9-19(28)13-20(12-18)35-14-17-6-3-4-7-21(17)27/h3-4,6-7,18-20,26H,5,8-14H2,1-2H3. The second-order valence-electron chi connectivity index (χ2n) is 9.91. The van der Waals surface area contributed by atoms with Gasteiger partial charge in [0.2, 0.25) is 0 Å². The summed E-state index contributed by atoms with van der Waals surface area (Å²) in [6.45, 7) is 4.26. The molecule has 3 aliphatic heterocycles. The maximum atomic E-state index is 13.9. The predicted octanol–water partition coefficient (Wildman–Crippen LogP) is 1.92. The maximum absolute atomic E-state index is 13.9. The maximum Gasteiger partial charge on any atom is 0.422 e. The summed E-state index contributed by atoms with van der Waals surface area (Å²) in [6.07, 6.45) is 2.95. The van der Waals surface area contributed by atoms with Crippen LogP contribution in [0.3, 0.4) is 0 Å². The number of benzene rings is 1. The molecule has 2 atom stereocenters. The Morgan fingerprint density at radius 1 is 0.973 bits per heavy atom. The molecule has 1 aromatic carbocycles. The number of halogens is 1. The number of fused-ring (bicyclic) bond motifs is 2. The Bertz CT molecular complexity index is 1310. The van der Waals surface area contributed by atoms with Gasteiger partial charge in [-0.3, -0.25) is 14.3 Å². The van der Waals surface area contributed by atoms with Crippen molar-refractivity contribution < 1.29 is 28.2 Å². The van der Waals surface area contributed by atoms with Crippen LogP contribution in [0.5, 0.6) is 0 Å². The van der Waals surface area contributed by atoms with E-state index >= 15 is 0 Å². The first-order valence-electron chi connectivity index (χ1n) is 12.6. The quantitative estimate of drug-likeness (QED) is 0.388. The van der Waals surface area contributed by atoms with Crippen LogP contribution in [0.1, 0.15) is 55.3 Å². The summed E-state index contributed by atoms with van der Waals surface area (Å²) < 4.78 is 31.9. The van der Waals surface area contributed by atoms with E-state index < -0.39 is 29.6 Å². The van der Waals surface area contributed by atoms with Gasteiger partial charge >= 0.3 is 24.0 Å². The summed E-state index contributed by atoms with van der Waals surface area (Å²) >= 11 is 0. The Morgan fingerprint density at radius 3 is 2.27 bits per heavy atom. The van der Waals surface area contributed by atoms with E-state index in [0.29, 0.717) is 36.2 Å². The van der Waals surface area contributed by atoms with E-state index in [9.17, 15) is 23.6 Å². The zero-order valence-electron chi connectivity index (χ0n) is 20.9. The van der Waals surface area contributed by atoms with Crippen LogP contribution >= 0.6 is 0 Å². The van der Waals surface area contributed by atoms with E-state index in [-0.39, 0.29) is 30.8 Å². The molecular weight excluding hydrogens is 485 g/mol. The van der Waals surface area contributed by atoms with Crippen molar-refractivity contribution in [1.82, 2.24) is 14.0 Å². The highest BCUT2D eigenvalue weighted by Gasteiger charge is 2.41. The normalized spacial score (nSPS) is 23.9. The molecule has 2 unspecified atom stereocenters. The molecule has 4 heterocycles. The molecule has 0 radical (unpaired) electrons. The Labute approximate surface area is 212 Å².